The molecule has 0 aliphatic carbocycles. The van der Waals surface area contributed by atoms with Gasteiger partial charge < -0.3 is 10.4 Å². The van der Waals surface area contributed by atoms with Crippen LogP contribution in [-0.4, -0.2) is 35.7 Å². The van der Waals surface area contributed by atoms with Gasteiger partial charge in [-0.3, -0.25) is 4.90 Å². The minimum Gasteiger partial charge on any atom is -0.506 e. The summed E-state index contributed by atoms with van der Waals surface area (Å²) in [6, 6.07) is 3.80. The standard InChI is InChI=1S/C12H16Cl2N2O/c1-8-6-16(3-2-15-8)7-9-4-10(13)5-11(14)12(9)17/h4-5,8,15,17H,2-3,6-7H2,1H3. The summed E-state index contributed by atoms with van der Waals surface area (Å²) in [6.45, 7) is 5.73. The minimum absolute atomic E-state index is 0.141. The van der Waals surface area contributed by atoms with Crippen molar-refractivity contribution in [3.8, 4) is 5.75 Å². The third kappa shape index (κ3) is 3.26. The van der Waals surface area contributed by atoms with Crippen LogP contribution in [-0.2, 0) is 6.54 Å². The van der Waals surface area contributed by atoms with Gasteiger partial charge in [0.1, 0.15) is 5.75 Å². The maximum Gasteiger partial charge on any atom is 0.138 e. The van der Waals surface area contributed by atoms with Gasteiger partial charge in [0.05, 0.1) is 5.02 Å². The van der Waals surface area contributed by atoms with Crippen molar-refractivity contribution in [2.45, 2.75) is 19.5 Å². The molecule has 17 heavy (non-hydrogen) atoms. The van der Waals surface area contributed by atoms with Gasteiger partial charge in [0, 0.05) is 42.8 Å². The van der Waals surface area contributed by atoms with Crippen molar-refractivity contribution in [3.63, 3.8) is 0 Å². The summed E-state index contributed by atoms with van der Waals surface area (Å²) in [5, 5.41) is 14.1. The predicted molar refractivity (Wildman–Crippen MR) is 70.9 cm³/mol. The Kier molecular flexibility index (Phi) is 4.15. The molecule has 3 nitrogen and oxygen atoms in total. The number of hydrogen-bond acceptors (Lipinski definition) is 3. The summed E-state index contributed by atoms with van der Waals surface area (Å²) in [5.74, 6) is 0.141. The number of aromatic hydroxyl groups is 1. The smallest absolute Gasteiger partial charge is 0.138 e. The highest BCUT2D eigenvalue weighted by Gasteiger charge is 2.17. The summed E-state index contributed by atoms with van der Waals surface area (Å²) in [5.41, 5.74) is 0.789. The van der Waals surface area contributed by atoms with Crippen LogP contribution in [0.15, 0.2) is 12.1 Å². The first-order chi connectivity index (χ1) is 8.06. The molecule has 0 saturated carbocycles. The van der Waals surface area contributed by atoms with E-state index in [2.05, 4.69) is 17.1 Å². The number of phenolic OH excluding ortho intramolecular Hbond substituents is 1. The Morgan fingerprint density at radius 1 is 1.47 bits per heavy atom. The molecular weight excluding hydrogens is 259 g/mol. The molecule has 1 aliphatic heterocycles. The number of phenols is 1. The molecule has 0 aromatic heterocycles. The second-order valence-corrected chi connectivity index (χ2v) is 5.33. The fourth-order valence-corrected chi connectivity index (χ4v) is 2.67. The number of benzene rings is 1. The molecule has 1 aromatic carbocycles. The zero-order chi connectivity index (χ0) is 12.4. The largest absolute Gasteiger partial charge is 0.506 e. The number of hydrogen-bond donors (Lipinski definition) is 2. The van der Waals surface area contributed by atoms with Gasteiger partial charge in [-0.25, -0.2) is 0 Å². The van der Waals surface area contributed by atoms with Gasteiger partial charge in [0.25, 0.3) is 0 Å². The Hall–Kier alpha value is -0.480. The first-order valence-electron chi connectivity index (χ1n) is 5.69. The fraction of sp³-hybridized carbons (Fsp3) is 0.500. The van der Waals surface area contributed by atoms with Crippen molar-refractivity contribution in [1.82, 2.24) is 10.2 Å². The van der Waals surface area contributed by atoms with Crippen LogP contribution in [0.1, 0.15) is 12.5 Å². The number of nitrogens with one attached hydrogen (secondary N) is 1. The molecule has 1 heterocycles. The zero-order valence-electron chi connectivity index (χ0n) is 9.71. The van der Waals surface area contributed by atoms with Crippen molar-refractivity contribution in [2.24, 2.45) is 0 Å². The molecule has 1 fully saturated rings. The summed E-state index contributed by atoms with van der Waals surface area (Å²) < 4.78 is 0. The monoisotopic (exact) mass is 274 g/mol. The number of rotatable bonds is 2. The minimum atomic E-state index is 0.141. The van der Waals surface area contributed by atoms with Crippen LogP contribution in [0.5, 0.6) is 5.75 Å². The maximum absolute atomic E-state index is 9.89. The van der Waals surface area contributed by atoms with E-state index >= 15 is 0 Å². The normalized spacial score (nSPS) is 21.7. The average molecular weight is 275 g/mol. The van der Waals surface area contributed by atoms with E-state index in [4.69, 9.17) is 23.2 Å². The van der Waals surface area contributed by atoms with E-state index in [9.17, 15) is 5.11 Å². The lowest BCUT2D eigenvalue weighted by Crippen LogP contribution is -2.48. The molecule has 0 spiro atoms. The Balaban J connectivity index is 2.12. The van der Waals surface area contributed by atoms with Crippen LogP contribution in [0, 0.1) is 0 Å². The molecular formula is C12H16Cl2N2O. The number of nitrogens with zero attached hydrogens (tertiary/aromatic N) is 1. The third-order valence-electron chi connectivity index (χ3n) is 2.95. The van der Waals surface area contributed by atoms with E-state index in [1.807, 2.05) is 0 Å². The molecule has 2 rings (SSSR count). The van der Waals surface area contributed by atoms with Crippen molar-refractivity contribution < 1.29 is 5.11 Å². The van der Waals surface area contributed by atoms with E-state index in [1.165, 1.54) is 0 Å². The van der Waals surface area contributed by atoms with Crippen LogP contribution in [0.3, 0.4) is 0 Å². The molecule has 2 N–H and O–H groups in total. The number of halogens is 2. The fourth-order valence-electron chi connectivity index (χ4n) is 2.14. The quantitative estimate of drug-likeness (QED) is 0.870. The maximum atomic E-state index is 9.89. The van der Waals surface area contributed by atoms with Gasteiger partial charge in [-0.2, -0.15) is 0 Å². The first kappa shape index (κ1) is 13.0. The second-order valence-electron chi connectivity index (χ2n) is 4.49. The average Bonchev–Trinajstić information content (AvgIpc) is 2.25. The molecule has 1 unspecified atom stereocenters. The second kappa shape index (κ2) is 5.44. The van der Waals surface area contributed by atoms with E-state index in [0.717, 1.165) is 25.2 Å². The van der Waals surface area contributed by atoms with Crippen LogP contribution in [0.4, 0.5) is 0 Å². The molecule has 1 aliphatic rings. The lowest BCUT2D eigenvalue weighted by molar-refractivity contribution is 0.198. The molecule has 1 aromatic rings. The Morgan fingerprint density at radius 2 is 2.24 bits per heavy atom. The van der Waals surface area contributed by atoms with E-state index in [1.54, 1.807) is 12.1 Å². The predicted octanol–water partition coefficient (Wildman–Crippen LogP) is 2.49. The summed E-state index contributed by atoms with van der Waals surface area (Å²) in [7, 11) is 0. The van der Waals surface area contributed by atoms with Crippen LogP contribution in [0.2, 0.25) is 10.0 Å². The van der Waals surface area contributed by atoms with Crippen molar-refractivity contribution in [1.29, 1.82) is 0 Å². The Labute approximate surface area is 111 Å². The topological polar surface area (TPSA) is 35.5 Å². The molecule has 0 bridgehead atoms. The number of piperazine rings is 1. The molecule has 94 valence electrons. The summed E-state index contributed by atoms with van der Waals surface area (Å²) in [4.78, 5) is 2.28. The third-order valence-corrected chi connectivity index (χ3v) is 3.46. The van der Waals surface area contributed by atoms with Gasteiger partial charge in [-0.05, 0) is 19.1 Å². The van der Waals surface area contributed by atoms with Gasteiger partial charge in [0.15, 0.2) is 0 Å². The molecule has 1 atom stereocenters. The van der Waals surface area contributed by atoms with Gasteiger partial charge in [0.2, 0.25) is 0 Å². The van der Waals surface area contributed by atoms with Gasteiger partial charge in [-0.1, -0.05) is 23.2 Å². The first-order valence-corrected chi connectivity index (χ1v) is 6.44. The van der Waals surface area contributed by atoms with Gasteiger partial charge in [-0.15, -0.1) is 0 Å². The molecule has 0 amide bonds. The highest BCUT2D eigenvalue weighted by molar-refractivity contribution is 6.35. The molecule has 1 saturated heterocycles. The lowest BCUT2D eigenvalue weighted by Gasteiger charge is -2.32. The van der Waals surface area contributed by atoms with Crippen molar-refractivity contribution >= 4 is 23.2 Å². The van der Waals surface area contributed by atoms with Crippen LogP contribution < -0.4 is 5.32 Å². The van der Waals surface area contributed by atoms with Crippen molar-refractivity contribution in [3.05, 3.63) is 27.7 Å². The molecule has 5 heteroatoms. The lowest BCUT2D eigenvalue weighted by atomic mass is 10.1. The van der Waals surface area contributed by atoms with Crippen molar-refractivity contribution in [2.75, 3.05) is 19.6 Å². The summed E-state index contributed by atoms with van der Waals surface area (Å²) >= 11 is 11.8. The van der Waals surface area contributed by atoms with Crippen LogP contribution >= 0.6 is 23.2 Å². The van der Waals surface area contributed by atoms with E-state index in [0.29, 0.717) is 22.6 Å². The Morgan fingerprint density at radius 3 is 2.94 bits per heavy atom. The zero-order valence-corrected chi connectivity index (χ0v) is 11.2. The SMILES string of the molecule is CC1CN(Cc2cc(Cl)cc(Cl)c2O)CCN1. The summed E-state index contributed by atoms with van der Waals surface area (Å²) in [6.07, 6.45) is 0. The highest BCUT2D eigenvalue weighted by Crippen LogP contribution is 2.32. The Bertz CT molecular complexity index is 412. The van der Waals surface area contributed by atoms with E-state index in [-0.39, 0.29) is 5.75 Å². The molecule has 0 radical (unpaired) electrons. The van der Waals surface area contributed by atoms with Gasteiger partial charge >= 0.3 is 0 Å². The van der Waals surface area contributed by atoms with Crippen LogP contribution in [0.25, 0.3) is 0 Å². The van der Waals surface area contributed by atoms with E-state index < -0.39 is 0 Å². The highest BCUT2D eigenvalue weighted by atomic mass is 35.5.